The average molecular weight is 258 g/mol. The van der Waals surface area contributed by atoms with E-state index in [4.69, 9.17) is 0 Å². The molecule has 0 aliphatic carbocycles. The predicted molar refractivity (Wildman–Crippen MR) is 74.6 cm³/mol. The number of hydrogen-bond acceptors (Lipinski definition) is 2. The van der Waals surface area contributed by atoms with E-state index in [2.05, 4.69) is 12.1 Å². The van der Waals surface area contributed by atoms with Gasteiger partial charge in [0.1, 0.15) is 5.56 Å². The van der Waals surface area contributed by atoms with Crippen LogP contribution in [0.4, 0.5) is 0 Å². The van der Waals surface area contributed by atoms with Crippen LogP contribution in [0, 0.1) is 20.8 Å². The molecule has 19 heavy (non-hydrogen) atoms. The summed E-state index contributed by atoms with van der Waals surface area (Å²) in [4.78, 5) is 12.5. The predicted octanol–water partition coefficient (Wildman–Crippen LogP) is 2.35. The van der Waals surface area contributed by atoms with E-state index in [0.29, 0.717) is 18.7 Å². The highest BCUT2D eigenvalue weighted by Gasteiger charge is 2.25. The molecule has 0 bridgehead atoms. The van der Waals surface area contributed by atoms with Gasteiger partial charge in [0, 0.05) is 13.1 Å². The zero-order valence-electron chi connectivity index (χ0n) is 11.5. The lowest BCUT2D eigenvalue weighted by Gasteiger charge is -2.09. The molecule has 0 amide bonds. The first-order valence-corrected chi connectivity index (χ1v) is 6.61. The summed E-state index contributed by atoms with van der Waals surface area (Å²) in [5.41, 5.74) is 4.50. The van der Waals surface area contributed by atoms with Crippen molar-refractivity contribution in [3.8, 4) is 17.0 Å². The Morgan fingerprint density at radius 1 is 1.00 bits per heavy atom. The van der Waals surface area contributed by atoms with Gasteiger partial charge in [0.25, 0.3) is 5.56 Å². The Morgan fingerprint density at radius 3 is 2.16 bits per heavy atom. The van der Waals surface area contributed by atoms with Crippen LogP contribution in [0.5, 0.6) is 5.88 Å². The average Bonchev–Trinajstić information content (AvgIpc) is 2.87. The van der Waals surface area contributed by atoms with E-state index < -0.39 is 0 Å². The van der Waals surface area contributed by atoms with Gasteiger partial charge in [-0.1, -0.05) is 17.7 Å². The molecule has 0 radical (unpaired) electrons. The van der Waals surface area contributed by atoms with E-state index in [1.54, 1.807) is 9.36 Å². The molecule has 0 atom stereocenters. The number of aromatic nitrogens is 2. The SMILES string of the molecule is Cc1cc(C)c(-c2c(O)n3n(c2=O)CCC3)c(C)c1. The van der Waals surface area contributed by atoms with E-state index >= 15 is 0 Å². The Kier molecular flexibility index (Phi) is 2.55. The Labute approximate surface area is 111 Å². The van der Waals surface area contributed by atoms with Crippen molar-refractivity contribution >= 4 is 0 Å². The van der Waals surface area contributed by atoms with Crippen molar-refractivity contribution < 1.29 is 5.11 Å². The Bertz CT molecular complexity index is 699. The van der Waals surface area contributed by atoms with Gasteiger partial charge in [-0.05, 0) is 43.9 Å². The van der Waals surface area contributed by atoms with Crippen LogP contribution in [0.3, 0.4) is 0 Å². The maximum absolute atomic E-state index is 12.5. The molecule has 4 heteroatoms. The van der Waals surface area contributed by atoms with Crippen LogP contribution < -0.4 is 5.56 Å². The summed E-state index contributed by atoms with van der Waals surface area (Å²) in [5.74, 6) is 0.109. The van der Waals surface area contributed by atoms with E-state index in [1.807, 2.05) is 20.8 Å². The molecule has 0 saturated carbocycles. The largest absolute Gasteiger partial charge is 0.493 e. The number of hydrogen-bond donors (Lipinski definition) is 1. The maximum atomic E-state index is 12.5. The third kappa shape index (κ3) is 1.63. The van der Waals surface area contributed by atoms with E-state index in [9.17, 15) is 9.90 Å². The highest BCUT2D eigenvalue weighted by Crippen LogP contribution is 2.33. The molecule has 1 aromatic carbocycles. The van der Waals surface area contributed by atoms with Crippen LogP contribution in [0.25, 0.3) is 11.1 Å². The third-order valence-corrected chi connectivity index (χ3v) is 3.87. The molecule has 0 saturated heterocycles. The van der Waals surface area contributed by atoms with Crippen molar-refractivity contribution in [2.75, 3.05) is 0 Å². The van der Waals surface area contributed by atoms with Gasteiger partial charge in [-0.2, -0.15) is 0 Å². The van der Waals surface area contributed by atoms with Crippen molar-refractivity contribution in [3.05, 3.63) is 39.2 Å². The van der Waals surface area contributed by atoms with Gasteiger partial charge < -0.3 is 5.11 Å². The zero-order chi connectivity index (χ0) is 13.7. The molecule has 1 aliphatic rings. The van der Waals surface area contributed by atoms with Gasteiger partial charge >= 0.3 is 0 Å². The smallest absolute Gasteiger partial charge is 0.278 e. The molecule has 0 unspecified atom stereocenters. The highest BCUT2D eigenvalue weighted by molar-refractivity contribution is 5.74. The van der Waals surface area contributed by atoms with Crippen LogP contribution in [0.1, 0.15) is 23.1 Å². The summed E-state index contributed by atoms with van der Waals surface area (Å²) in [5, 5.41) is 10.3. The number of rotatable bonds is 1. The molecular weight excluding hydrogens is 240 g/mol. The van der Waals surface area contributed by atoms with E-state index in [0.717, 1.165) is 23.1 Å². The van der Waals surface area contributed by atoms with Crippen molar-refractivity contribution in [3.63, 3.8) is 0 Å². The van der Waals surface area contributed by atoms with Gasteiger partial charge in [-0.25, -0.2) is 4.68 Å². The Balaban J connectivity index is 2.33. The molecular formula is C15H18N2O2. The van der Waals surface area contributed by atoms with Crippen molar-refractivity contribution in [1.82, 2.24) is 9.36 Å². The summed E-state index contributed by atoms with van der Waals surface area (Å²) < 4.78 is 3.33. The summed E-state index contributed by atoms with van der Waals surface area (Å²) in [6.07, 6.45) is 0.912. The fourth-order valence-electron chi connectivity index (χ4n) is 3.19. The van der Waals surface area contributed by atoms with Crippen LogP contribution in [-0.4, -0.2) is 14.5 Å². The first-order chi connectivity index (χ1) is 9.00. The normalized spacial score (nSPS) is 13.8. The highest BCUT2D eigenvalue weighted by atomic mass is 16.3. The third-order valence-electron chi connectivity index (χ3n) is 3.87. The van der Waals surface area contributed by atoms with Crippen LogP contribution in [-0.2, 0) is 13.1 Å². The summed E-state index contributed by atoms with van der Waals surface area (Å²) >= 11 is 0. The van der Waals surface area contributed by atoms with Crippen molar-refractivity contribution in [2.24, 2.45) is 0 Å². The lowest BCUT2D eigenvalue weighted by molar-refractivity contribution is 0.399. The molecule has 4 nitrogen and oxygen atoms in total. The number of benzene rings is 1. The van der Waals surface area contributed by atoms with Crippen LogP contribution in [0.15, 0.2) is 16.9 Å². The van der Waals surface area contributed by atoms with Gasteiger partial charge in [-0.3, -0.25) is 9.48 Å². The van der Waals surface area contributed by atoms with E-state index in [1.165, 1.54) is 5.56 Å². The second kappa shape index (κ2) is 4.02. The van der Waals surface area contributed by atoms with Gasteiger partial charge in [0.05, 0.1) is 0 Å². The molecule has 0 fully saturated rings. The lowest BCUT2D eigenvalue weighted by Crippen LogP contribution is -2.17. The first-order valence-electron chi connectivity index (χ1n) is 6.61. The summed E-state index contributed by atoms with van der Waals surface area (Å²) in [6.45, 7) is 7.42. The summed E-state index contributed by atoms with van der Waals surface area (Å²) in [6, 6.07) is 4.10. The quantitative estimate of drug-likeness (QED) is 0.853. The number of fused-ring (bicyclic) bond motifs is 1. The molecule has 1 aromatic heterocycles. The monoisotopic (exact) mass is 258 g/mol. The Hall–Kier alpha value is -1.97. The summed E-state index contributed by atoms with van der Waals surface area (Å²) in [7, 11) is 0. The molecule has 1 N–H and O–H groups in total. The second-order valence-electron chi connectivity index (χ2n) is 5.38. The van der Waals surface area contributed by atoms with Crippen molar-refractivity contribution in [2.45, 2.75) is 40.3 Å². The minimum Gasteiger partial charge on any atom is -0.493 e. The fraction of sp³-hybridized carbons (Fsp3) is 0.400. The van der Waals surface area contributed by atoms with Gasteiger partial charge in [-0.15, -0.1) is 0 Å². The molecule has 1 aliphatic heterocycles. The van der Waals surface area contributed by atoms with Gasteiger partial charge in [0.15, 0.2) is 0 Å². The zero-order valence-corrected chi connectivity index (χ0v) is 11.5. The molecule has 0 spiro atoms. The molecule has 3 rings (SSSR count). The minimum absolute atomic E-state index is 0.0787. The van der Waals surface area contributed by atoms with E-state index in [-0.39, 0.29) is 11.4 Å². The number of aryl methyl sites for hydroxylation is 3. The molecule has 100 valence electrons. The molecule has 2 heterocycles. The first kappa shape index (κ1) is 12.1. The van der Waals surface area contributed by atoms with Crippen LogP contribution in [0.2, 0.25) is 0 Å². The Morgan fingerprint density at radius 2 is 1.58 bits per heavy atom. The topological polar surface area (TPSA) is 47.2 Å². The second-order valence-corrected chi connectivity index (χ2v) is 5.38. The maximum Gasteiger partial charge on any atom is 0.278 e. The minimum atomic E-state index is -0.0787. The fourth-order valence-corrected chi connectivity index (χ4v) is 3.19. The standard InChI is InChI=1S/C15H18N2O2/c1-9-7-10(2)12(11(3)8-9)13-14(18)16-5-4-6-17(16)15(13)19/h7-8,18H,4-6H2,1-3H3. The van der Waals surface area contributed by atoms with Gasteiger partial charge in [0.2, 0.25) is 5.88 Å². The lowest BCUT2D eigenvalue weighted by atomic mass is 9.95. The molecule has 2 aromatic rings. The number of aromatic hydroxyl groups is 1. The van der Waals surface area contributed by atoms with Crippen molar-refractivity contribution in [1.29, 1.82) is 0 Å². The number of nitrogens with zero attached hydrogens (tertiary/aromatic N) is 2. The van der Waals surface area contributed by atoms with Crippen LogP contribution >= 0.6 is 0 Å².